The predicted molar refractivity (Wildman–Crippen MR) is 75.9 cm³/mol. The number of aryl methyl sites for hydroxylation is 2. The highest BCUT2D eigenvalue weighted by atomic mass is 32.2. The lowest BCUT2D eigenvalue weighted by Crippen LogP contribution is -2.06. The minimum absolute atomic E-state index is 0.154. The van der Waals surface area contributed by atoms with E-state index in [1.165, 1.54) is 12.1 Å². The Hall–Kier alpha value is -2.01. The molecule has 0 saturated heterocycles. The number of para-hydroxylation sites is 1. The first-order valence-electron chi connectivity index (χ1n) is 6.09. The molecule has 4 nitrogen and oxygen atoms in total. The van der Waals surface area contributed by atoms with E-state index in [1.54, 1.807) is 39.0 Å². The number of hydrogen-bond acceptors (Lipinski definition) is 4. The molecule has 0 aromatic heterocycles. The average molecular weight is 292 g/mol. The van der Waals surface area contributed by atoms with E-state index < -0.39 is 9.84 Å². The third-order valence-electron chi connectivity index (χ3n) is 3.41. The molecule has 0 unspecified atom stereocenters. The van der Waals surface area contributed by atoms with Gasteiger partial charge in [-0.25, -0.2) is 8.42 Å². The van der Waals surface area contributed by atoms with Gasteiger partial charge in [0.25, 0.3) is 0 Å². The van der Waals surface area contributed by atoms with Gasteiger partial charge in [-0.05, 0) is 49.6 Å². The summed E-state index contributed by atoms with van der Waals surface area (Å²) in [6, 6.07) is 7.52. The van der Waals surface area contributed by atoms with Crippen molar-refractivity contribution in [3.8, 4) is 11.5 Å². The zero-order chi connectivity index (χ0) is 15.1. The Labute approximate surface area is 118 Å². The molecule has 0 fully saturated rings. The first-order valence-corrected chi connectivity index (χ1v) is 7.58. The predicted octanol–water partition coefficient (Wildman–Crippen LogP) is 2.86. The minimum atomic E-state index is -3.98. The molecule has 0 aliphatic heterocycles. The van der Waals surface area contributed by atoms with Crippen LogP contribution in [-0.2, 0) is 9.84 Å². The molecule has 0 radical (unpaired) electrons. The van der Waals surface area contributed by atoms with Gasteiger partial charge in [0.05, 0.1) is 0 Å². The fourth-order valence-electron chi connectivity index (χ4n) is 2.07. The van der Waals surface area contributed by atoms with Crippen molar-refractivity contribution >= 4 is 9.84 Å². The van der Waals surface area contributed by atoms with Crippen LogP contribution in [0.25, 0.3) is 0 Å². The topological polar surface area (TPSA) is 74.6 Å². The first-order chi connectivity index (χ1) is 9.26. The van der Waals surface area contributed by atoms with Gasteiger partial charge in [-0.15, -0.1) is 0 Å². The van der Waals surface area contributed by atoms with Crippen LogP contribution in [0.4, 0.5) is 0 Å². The third kappa shape index (κ3) is 2.14. The molecular weight excluding hydrogens is 276 g/mol. The summed E-state index contributed by atoms with van der Waals surface area (Å²) < 4.78 is 25.4. The van der Waals surface area contributed by atoms with Crippen molar-refractivity contribution in [2.45, 2.75) is 30.6 Å². The lowest BCUT2D eigenvalue weighted by atomic mass is 10.1. The fourth-order valence-corrected chi connectivity index (χ4v) is 3.87. The maximum absolute atomic E-state index is 12.7. The number of benzene rings is 2. The molecule has 106 valence electrons. The summed E-state index contributed by atoms with van der Waals surface area (Å²) >= 11 is 0. The summed E-state index contributed by atoms with van der Waals surface area (Å²) in [5.74, 6) is -0.596. The van der Waals surface area contributed by atoms with Crippen LogP contribution in [0.15, 0.2) is 40.1 Å². The molecule has 0 bridgehead atoms. The Bertz CT molecular complexity index is 777. The van der Waals surface area contributed by atoms with E-state index in [9.17, 15) is 18.6 Å². The quantitative estimate of drug-likeness (QED) is 0.892. The van der Waals surface area contributed by atoms with Gasteiger partial charge in [0.2, 0.25) is 9.84 Å². The molecule has 5 heteroatoms. The molecule has 0 atom stereocenters. The van der Waals surface area contributed by atoms with E-state index in [0.29, 0.717) is 11.1 Å². The Morgan fingerprint density at radius 1 is 0.900 bits per heavy atom. The number of hydrogen-bond donors (Lipinski definition) is 2. The van der Waals surface area contributed by atoms with E-state index in [-0.39, 0.29) is 21.3 Å². The van der Waals surface area contributed by atoms with Crippen LogP contribution in [0.3, 0.4) is 0 Å². The van der Waals surface area contributed by atoms with E-state index in [0.717, 1.165) is 5.56 Å². The molecule has 0 heterocycles. The highest BCUT2D eigenvalue weighted by molar-refractivity contribution is 7.91. The molecule has 0 amide bonds. The van der Waals surface area contributed by atoms with Crippen molar-refractivity contribution in [2.24, 2.45) is 0 Å². The largest absolute Gasteiger partial charge is 0.507 e. The number of aromatic hydroxyl groups is 2. The van der Waals surface area contributed by atoms with Crippen molar-refractivity contribution < 1.29 is 18.6 Å². The van der Waals surface area contributed by atoms with Crippen molar-refractivity contribution in [1.29, 1.82) is 0 Å². The van der Waals surface area contributed by atoms with Crippen LogP contribution < -0.4 is 0 Å². The Kier molecular flexibility index (Phi) is 3.48. The summed E-state index contributed by atoms with van der Waals surface area (Å²) in [7, 11) is -3.98. The second-order valence-corrected chi connectivity index (χ2v) is 6.64. The molecule has 20 heavy (non-hydrogen) atoms. The molecular formula is C15H16O4S. The van der Waals surface area contributed by atoms with Crippen LogP contribution in [0.2, 0.25) is 0 Å². The van der Waals surface area contributed by atoms with Crippen molar-refractivity contribution in [1.82, 2.24) is 0 Å². The summed E-state index contributed by atoms with van der Waals surface area (Å²) in [4.78, 5) is -0.347. The van der Waals surface area contributed by atoms with Crippen LogP contribution in [0, 0.1) is 20.8 Å². The zero-order valence-corrected chi connectivity index (χ0v) is 12.3. The fraction of sp³-hybridized carbons (Fsp3) is 0.200. The van der Waals surface area contributed by atoms with Crippen LogP contribution in [-0.4, -0.2) is 18.6 Å². The van der Waals surface area contributed by atoms with Crippen LogP contribution in [0.5, 0.6) is 11.5 Å². The Balaban J connectivity index is 2.81. The standard InChI is InChI=1S/C15H16O4S/c1-9-7-8-12(16)15(11(9)3)20(18,19)13-6-4-5-10(2)14(13)17/h4-8,16-17H,1-3H3. The SMILES string of the molecule is Cc1ccc(O)c(S(=O)(=O)c2cccc(C)c2O)c1C. The van der Waals surface area contributed by atoms with E-state index in [2.05, 4.69) is 0 Å². The van der Waals surface area contributed by atoms with Gasteiger partial charge in [0.1, 0.15) is 21.3 Å². The first kappa shape index (κ1) is 14.4. The molecule has 2 aromatic carbocycles. The zero-order valence-electron chi connectivity index (χ0n) is 11.5. The number of phenolic OH excluding ortho intramolecular Hbond substituents is 2. The molecule has 2 N–H and O–H groups in total. The summed E-state index contributed by atoms with van der Waals surface area (Å²) in [5.41, 5.74) is 1.70. The second-order valence-electron chi connectivity index (χ2n) is 4.78. The average Bonchev–Trinajstić information content (AvgIpc) is 2.37. The summed E-state index contributed by atoms with van der Waals surface area (Å²) in [6.07, 6.45) is 0. The number of phenols is 2. The number of rotatable bonds is 2. The molecule has 0 spiro atoms. The van der Waals surface area contributed by atoms with Gasteiger partial charge in [0.15, 0.2) is 0 Å². The minimum Gasteiger partial charge on any atom is -0.507 e. The van der Waals surface area contributed by atoms with E-state index in [1.807, 2.05) is 0 Å². The molecule has 2 aromatic rings. The lowest BCUT2D eigenvalue weighted by molar-refractivity contribution is 0.450. The smallest absolute Gasteiger partial charge is 0.214 e. The van der Waals surface area contributed by atoms with Crippen molar-refractivity contribution in [3.05, 3.63) is 47.0 Å². The highest BCUT2D eigenvalue weighted by Crippen LogP contribution is 2.37. The number of sulfone groups is 1. The van der Waals surface area contributed by atoms with Crippen LogP contribution >= 0.6 is 0 Å². The maximum atomic E-state index is 12.7. The second kappa shape index (κ2) is 4.83. The Morgan fingerprint density at radius 3 is 2.20 bits per heavy atom. The van der Waals surface area contributed by atoms with Gasteiger partial charge in [-0.3, -0.25) is 0 Å². The monoisotopic (exact) mass is 292 g/mol. The van der Waals surface area contributed by atoms with Gasteiger partial charge < -0.3 is 10.2 Å². The molecule has 0 aliphatic carbocycles. The third-order valence-corrected chi connectivity index (χ3v) is 5.38. The van der Waals surface area contributed by atoms with Gasteiger partial charge in [-0.1, -0.05) is 18.2 Å². The van der Waals surface area contributed by atoms with Gasteiger partial charge in [-0.2, -0.15) is 0 Å². The van der Waals surface area contributed by atoms with Crippen molar-refractivity contribution in [2.75, 3.05) is 0 Å². The lowest BCUT2D eigenvalue weighted by Gasteiger charge is -2.13. The molecule has 2 rings (SSSR count). The van der Waals surface area contributed by atoms with E-state index >= 15 is 0 Å². The van der Waals surface area contributed by atoms with Gasteiger partial charge in [0, 0.05) is 0 Å². The summed E-state index contributed by atoms with van der Waals surface area (Å²) in [5, 5.41) is 19.9. The molecule has 0 saturated carbocycles. The molecule has 0 aliphatic rings. The maximum Gasteiger partial charge on any atom is 0.214 e. The van der Waals surface area contributed by atoms with E-state index in [4.69, 9.17) is 0 Å². The normalized spacial score (nSPS) is 11.6. The Morgan fingerprint density at radius 2 is 1.55 bits per heavy atom. The van der Waals surface area contributed by atoms with Gasteiger partial charge >= 0.3 is 0 Å². The summed E-state index contributed by atoms with van der Waals surface area (Å²) in [6.45, 7) is 5.02. The van der Waals surface area contributed by atoms with Crippen molar-refractivity contribution in [3.63, 3.8) is 0 Å². The van der Waals surface area contributed by atoms with Crippen LogP contribution in [0.1, 0.15) is 16.7 Å². The highest BCUT2D eigenvalue weighted by Gasteiger charge is 2.27.